The third-order valence-electron chi connectivity index (χ3n) is 3.57. The third-order valence-corrected chi connectivity index (χ3v) is 5.34. The van der Waals surface area contributed by atoms with Crippen molar-refractivity contribution in [1.29, 1.82) is 0 Å². The van der Waals surface area contributed by atoms with E-state index < -0.39 is 11.7 Å². The van der Waals surface area contributed by atoms with Gasteiger partial charge in [0.15, 0.2) is 5.16 Å². The number of nitrogens with zero attached hydrogens (tertiary/aromatic N) is 2. The predicted molar refractivity (Wildman–Crippen MR) is 91.7 cm³/mol. The van der Waals surface area contributed by atoms with Crippen molar-refractivity contribution in [1.82, 2.24) is 9.55 Å². The van der Waals surface area contributed by atoms with Gasteiger partial charge in [-0.1, -0.05) is 41.0 Å². The van der Waals surface area contributed by atoms with Crippen LogP contribution in [0.25, 0.3) is 11.0 Å². The van der Waals surface area contributed by atoms with Gasteiger partial charge in [0.2, 0.25) is 0 Å². The molecule has 0 N–H and O–H groups in total. The van der Waals surface area contributed by atoms with Gasteiger partial charge >= 0.3 is 6.18 Å². The van der Waals surface area contributed by atoms with Gasteiger partial charge in [0.25, 0.3) is 0 Å². The molecule has 0 bridgehead atoms. The second-order valence-electron chi connectivity index (χ2n) is 5.14. The molecule has 3 rings (SSSR count). The summed E-state index contributed by atoms with van der Waals surface area (Å²) in [5, 5.41) is 1.70. The van der Waals surface area contributed by atoms with Gasteiger partial charge in [-0.3, -0.25) is 0 Å². The molecule has 24 heavy (non-hydrogen) atoms. The topological polar surface area (TPSA) is 17.8 Å². The molecule has 1 heterocycles. The van der Waals surface area contributed by atoms with Crippen molar-refractivity contribution in [2.24, 2.45) is 7.05 Å². The van der Waals surface area contributed by atoms with Crippen LogP contribution >= 0.6 is 35.0 Å². The number of alkyl halides is 3. The van der Waals surface area contributed by atoms with Gasteiger partial charge in [-0.2, -0.15) is 13.2 Å². The Bertz CT molecular complexity index is 886. The fraction of sp³-hybridized carbons (Fsp3) is 0.188. The molecule has 0 fully saturated rings. The lowest BCUT2D eigenvalue weighted by molar-refractivity contribution is -0.137. The van der Waals surface area contributed by atoms with Crippen LogP contribution in [0.4, 0.5) is 13.2 Å². The van der Waals surface area contributed by atoms with Crippen molar-refractivity contribution in [3.63, 3.8) is 0 Å². The number of halogens is 5. The largest absolute Gasteiger partial charge is 0.416 e. The average Bonchev–Trinajstić information content (AvgIpc) is 2.82. The first kappa shape index (κ1) is 17.5. The smallest absolute Gasteiger partial charge is 0.322 e. The molecular formula is C16H11Cl2F3N2S. The standard InChI is InChI=1S/C16H11Cl2F3N2S/c1-23-14-6-5-9(16(19,20)21)7-13(14)22-15(23)24-8-10-11(17)3-2-4-12(10)18/h2-7H,8H2,1H3. The van der Waals surface area contributed by atoms with Crippen LogP contribution in [0.1, 0.15) is 11.1 Å². The molecule has 0 aliphatic carbocycles. The molecule has 2 aromatic carbocycles. The van der Waals surface area contributed by atoms with E-state index in [1.165, 1.54) is 17.8 Å². The molecule has 126 valence electrons. The summed E-state index contributed by atoms with van der Waals surface area (Å²) in [6.45, 7) is 0. The van der Waals surface area contributed by atoms with E-state index in [2.05, 4.69) is 4.98 Å². The highest BCUT2D eigenvalue weighted by atomic mass is 35.5. The SMILES string of the molecule is Cn1c(SCc2c(Cl)cccc2Cl)nc2cc(C(F)(F)F)ccc21. The van der Waals surface area contributed by atoms with Crippen molar-refractivity contribution in [2.75, 3.05) is 0 Å². The number of thioether (sulfide) groups is 1. The number of imidazole rings is 1. The van der Waals surface area contributed by atoms with Crippen molar-refractivity contribution >= 4 is 46.0 Å². The van der Waals surface area contributed by atoms with E-state index >= 15 is 0 Å². The number of hydrogen-bond donors (Lipinski definition) is 0. The number of rotatable bonds is 3. The summed E-state index contributed by atoms with van der Waals surface area (Å²) in [6, 6.07) is 8.79. The van der Waals surface area contributed by atoms with Crippen LogP contribution in [0, 0.1) is 0 Å². The molecule has 8 heteroatoms. The summed E-state index contributed by atoms with van der Waals surface area (Å²) in [7, 11) is 1.76. The molecule has 0 aliphatic rings. The van der Waals surface area contributed by atoms with Gasteiger partial charge < -0.3 is 4.57 Å². The number of aryl methyl sites for hydroxylation is 1. The summed E-state index contributed by atoms with van der Waals surface area (Å²) in [5.41, 5.74) is 1.00. The first-order valence-corrected chi connectivity index (χ1v) is 8.61. The number of fused-ring (bicyclic) bond motifs is 1. The van der Waals surface area contributed by atoms with Crippen molar-refractivity contribution in [3.05, 3.63) is 57.6 Å². The first-order valence-electron chi connectivity index (χ1n) is 6.86. The van der Waals surface area contributed by atoms with E-state index in [1.807, 2.05) is 0 Å². The van der Waals surface area contributed by atoms with E-state index in [0.29, 0.717) is 32.0 Å². The highest BCUT2D eigenvalue weighted by Crippen LogP contribution is 2.34. The Morgan fingerprint density at radius 2 is 1.79 bits per heavy atom. The van der Waals surface area contributed by atoms with Gasteiger partial charge in [-0.25, -0.2) is 4.98 Å². The molecule has 0 saturated heterocycles. The van der Waals surface area contributed by atoms with Crippen LogP contribution in [-0.4, -0.2) is 9.55 Å². The summed E-state index contributed by atoms with van der Waals surface area (Å²) in [6.07, 6.45) is -4.38. The summed E-state index contributed by atoms with van der Waals surface area (Å²) in [4.78, 5) is 4.30. The normalized spacial score (nSPS) is 12.1. The molecule has 0 radical (unpaired) electrons. The van der Waals surface area contributed by atoms with Crippen LogP contribution in [-0.2, 0) is 19.0 Å². The van der Waals surface area contributed by atoms with Gasteiger partial charge in [0.05, 0.1) is 16.6 Å². The minimum Gasteiger partial charge on any atom is -0.322 e. The Balaban J connectivity index is 1.91. The maximum absolute atomic E-state index is 12.8. The number of benzene rings is 2. The van der Waals surface area contributed by atoms with Gasteiger partial charge in [-0.15, -0.1) is 0 Å². The zero-order valence-electron chi connectivity index (χ0n) is 12.4. The lowest BCUT2D eigenvalue weighted by Crippen LogP contribution is -2.04. The molecule has 0 aliphatic heterocycles. The second-order valence-corrected chi connectivity index (χ2v) is 6.90. The lowest BCUT2D eigenvalue weighted by Gasteiger charge is -2.07. The molecule has 0 saturated carbocycles. The lowest BCUT2D eigenvalue weighted by atomic mass is 10.2. The Morgan fingerprint density at radius 3 is 2.42 bits per heavy atom. The molecule has 1 aromatic heterocycles. The Labute approximate surface area is 150 Å². The van der Waals surface area contributed by atoms with Gasteiger partial charge in [0.1, 0.15) is 0 Å². The maximum Gasteiger partial charge on any atom is 0.416 e. The van der Waals surface area contributed by atoms with Crippen molar-refractivity contribution < 1.29 is 13.2 Å². The predicted octanol–water partition coefficient (Wildman–Crippen LogP) is 6.19. The second kappa shape index (κ2) is 6.50. The summed E-state index contributed by atoms with van der Waals surface area (Å²) in [5.74, 6) is 0.474. The van der Waals surface area contributed by atoms with Gasteiger partial charge in [-0.05, 0) is 35.9 Å². The maximum atomic E-state index is 12.8. The number of hydrogen-bond acceptors (Lipinski definition) is 2. The minimum absolute atomic E-state index is 0.306. The summed E-state index contributed by atoms with van der Waals surface area (Å²) >= 11 is 13.6. The Hall–Kier alpha value is -1.37. The van der Waals surface area contributed by atoms with E-state index in [0.717, 1.165) is 17.7 Å². The quantitative estimate of drug-likeness (QED) is 0.496. The molecular weight excluding hydrogens is 380 g/mol. The van der Waals surface area contributed by atoms with E-state index in [1.54, 1.807) is 29.8 Å². The van der Waals surface area contributed by atoms with E-state index in [9.17, 15) is 13.2 Å². The van der Waals surface area contributed by atoms with Crippen molar-refractivity contribution in [3.8, 4) is 0 Å². The van der Waals surface area contributed by atoms with Crippen LogP contribution in [0.2, 0.25) is 10.0 Å². The van der Waals surface area contributed by atoms with E-state index in [-0.39, 0.29) is 0 Å². The zero-order chi connectivity index (χ0) is 17.5. The first-order chi connectivity index (χ1) is 11.3. The molecule has 3 aromatic rings. The minimum atomic E-state index is -4.38. The average molecular weight is 391 g/mol. The highest BCUT2D eigenvalue weighted by Gasteiger charge is 2.31. The molecule has 0 amide bonds. The third kappa shape index (κ3) is 3.36. The molecule has 0 atom stereocenters. The van der Waals surface area contributed by atoms with E-state index in [4.69, 9.17) is 23.2 Å². The zero-order valence-corrected chi connectivity index (χ0v) is 14.7. The Morgan fingerprint density at radius 1 is 1.12 bits per heavy atom. The van der Waals surface area contributed by atoms with Crippen LogP contribution in [0.5, 0.6) is 0 Å². The molecule has 0 spiro atoms. The Kier molecular flexibility index (Phi) is 4.73. The number of aromatic nitrogens is 2. The summed E-state index contributed by atoms with van der Waals surface area (Å²) < 4.78 is 40.2. The monoisotopic (exact) mass is 390 g/mol. The van der Waals surface area contributed by atoms with Crippen LogP contribution in [0.15, 0.2) is 41.6 Å². The highest BCUT2D eigenvalue weighted by molar-refractivity contribution is 7.98. The van der Waals surface area contributed by atoms with Gasteiger partial charge in [0, 0.05) is 22.8 Å². The molecule has 0 unspecified atom stereocenters. The van der Waals surface area contributed by atoms with Crippen molar-refractivity contribution in [2.45, 2.75) is 17.1 Å². The fourth-order valence-corrected chi connectivity index (χ4v) is 4.02. The van der Waals surface area contributed by atoms with Crippen LogP contribution < -0.4 is 0 Å². The fourth-order valence-electron chi connectivity index (χ4n) is 2.29. The van der Waals surface area contributed by atoms with Crippen LogP contribution in [0.3, 0.4) is 0 Å². The molecule has 2 nitrogen and oxygen atoms in total.